The molecule has 1 saturated heterocycles. The number of aromatic nitrogens is 3. The third-order valence-corrected chi connectivity index (χ3v) is 6.51. The molecule has 0 spiro atoms. The average molecular weight is 442 g/mol. The zero-order valence-electron chi connectivity index (χ0n) is 18.9. The van der Waals surface area contributed by atoms with Gasteiger partial charge in [0, 0.05) is 23.6 Å². The van der Waals surface area contributed by atoms with Gasteiger partial charge in [-0.05, 0) is 70.4 Å². The van der Waals surface area contributed by atoms with Crippen molar-refractivity contribution in [3.8, 4) is 0 Å². The maximum absolute atomic E-state index is 13.2. The smallest absolute Gasteiger partial charge is 0.263 e. The first kappa shape index (κ1) is 22.3. The Bertz CT molecular complexity index is 1180. The second-order valence-corrected chi connectivity index (χ2v) is 8.77. The maximum atomic E-state index is 13.2. The van der Waals surface area contributed by atoms with Crippen LogP contribution in [-0.4, -0.2) is 39.8 Å². The molecule has 3 aromatic rings. The van der Waals surface area contributed by atoms with E-state index in [1.165, 1.54) is 12.1 Å². The highest BCUT2D eigenvalue weighted by Crippen LogP contribution is 2.31. The van der Waals surface area contributed by atoms with Gasteiger partial charge in [-0.2, -0.15) is 5.10 Å². The number of likely N-dealkylation sites (tertiary alicyclic amines) is 1. The van der Waals surface area contributed by atoms with E-state index in [4.69, 9.17) is 0 Å². The minimum Gasteiger partial charge on any atom is -0.361 e. The van der Waals surface area contributed by atoms with Crippen LogP contribution in [0.25, 0.3) is 10.9 Å². The van der Waals surface area contributed by atoms with Gasteiger partial charge in [-0.1, -0.05) is 18.2 Å². The molecule has 0 unspecified atom stereocenters. The molecular weight excluding hydrogens is 412 g/mol. The van der Waals surface area contributed by atoms with Crippen LogP contribution in [0.2, 0.25) is 0 Å². The highest BCUT2D eigenvalue weighted by molar-refractivity contribution is 5.91. The Kier molecular flexibility index (Phi) is 6.24. The first-order valence-corrected chi connectivity index (χ1v) is 11.0. The number of rotatable bonds is 5. The number of nitrogens with one attached hydrogen (secondary N) is 1. The normalized spacial score (nSPS) is 16.6. The molecule has 8 heteroatoms. The lowest BCUT2D eigenvalue weighted by atomic mass is 9.89. The first-order chi connectivity index (χ1) is 15.3. The van der Waals surface area contributed by atoms with Crippen molar-refractivity contribution in [3.63, 3.8) is 0 Å². The molecular formula is C24H29F2N5O. The molecule has 1 fully saturated rings. The summed E-state index contributed by atoms with van der Waals surface area (Å²) in [5.41, 5.74) is 2.94. The zero-order valence-corrected chi connectivity index (χ0v) is 18.9. The number of hydrogen-bond donors (Lipinski definition) is 1. The molecule has 1 aliphatic rings. The molecule has 170 valence electrons. The first-order valence-electron chi connectivity index (χ1n) is 11.0. The summed E-state index contributed by atoms with van der Waals surface area (Å²) in [6.07, 6.45) is -0.642. The van der Waals surface area contributed by atoms with E-state index in [0.29, 0.717) is 11.5 Å². The number of hydrogen-bond acceptors (Lipinski definition) is 5. The molecule has 1 aromatic carbocycles. The standard InChI is InChI=1S/C24H29F2N5O/c1-14(17-6-5-7-18(12-17)22(25)26)27-23-20-13-19(16-8-10-30(3)11-9-16)24(32)31(4)21(20)15(2)28-29-23/h5-7,12-14,16,22H,8-11H2,1-4H3,(H,27,29)/t14-/m1/s1. The van der Waals surface area contributed by atoms with Crippen LogP contribution in [0.1, 0.15) is 60.5 Å². The summed E-state index contributed by atoms with van der Waals surface area (Å²) in [6.45, 7) is 5.66. The van der Waals surface area contributed by atoms with Crippen LogP contribution in [0.5, 0.6) is 0 Å². The monoisotopic (exact) mass is 441 g/mol. The molecule has 0 aliphatic carbocycles. The van der Waals surface area contributed by atoms with E-state index >= 15 is 0 Å². The quantitative estimate of drug-likeness (QED) is 0.629. The summed E-state index contributed by atoms with van der Waals surface area (Å²) in [4.78, 5) is 15.5. The fourth-order valence-corrected chi connectivity index (χ4v) is 4.58. The van der Waals surface area contributed by atoms with Gasteiger partial charge in [0.15, 0.2) is 5.82 Å². The van der Waals surface area contributed by atoms with Crippen molar-refractivity contribution in [1.82, 2.24) is 19.7 Å². The van der Waals surface area contributed by atoms with Gasteiger partial charge < -0.3 is 14.8 Å². The van der Waals surface area contributed by atoms with Gasteiger partial charge in [-0.15, -0.1) is 5.10 Å². The lowest BCUT2D eigenvalue weighted by molar-refractivity contribution is 0.151. The minimum atomic E-state index is -2.52. The Balaban J connectivity index is 1.76. The Morgan fingerprint density at radius 2 is 1.78 bits per heavy atom. The number of aryl methyl sites for hydroxylation is 2. The minimum absolute atomic E-state index is 0.00628. The van der Waals surface area contributed by atoms with Gasteiger partial charge in [-0.25, -0.2) is 8.78 Å². The highest BCUT2D eigenvalue weighted by Gasteiger charge is 2.24. The Hall–Kier alpha value is -2.87. The Labute approximate surface area is 186 Å². The van der Waals surface area contributed by atoms with Crippen LogP contribution < -0.4 is 10.9 Å². The number of halogens is 2. The molecule has 0 bridgehead atoms. The van der Waals surface area contributed by atoms with Crippen LogP contribution in [0.4, 0.5) is 14.6 Å². The molecule has 6 nitrogen and oxygen atoms in total. The maximum Gasteiger partial charge on any atom is 0.263 e. The number of piperidine rings is 1. The van der Waals surface area contributed by atoms with E-state index in [2.05, 4.69) is 27.5 Å². The van der Waals surface area contributed by atoms with Crippen molar-refractivity contribution in [2.24, 2.45) is 7.05 Å². The number of anilines is 1. The molecule has 0 saturated carbocycles. The van der Waals surface area contributed by atoms with Crippen LogP contribution in [0.15, 0.2) is 35.1 Å². The summed E-state index contributed by atoms with van der Waals surface area (Å²) < 4.78 is 27.9. The van der Waals surface area contributed by atoms with Crippen molar-refractivity contribution < 1.29 is 8.78 Å². The van der Waals surface area contributed by atoms with Crippen LogP contribution in [-0.2, 0) is 7.05 Å². The van der Waals surface area contributed by atoms with E-state index in [9.17, 15) is 13.6 Å². The van der Waals surface area contributed by atoms with Crippen molar-refractivity contribution in [2.45, 2.75) is 45.1 Å². The number of fused-ring (bicyclic) bond motifs is 1. The van der Waals surface area contributed by atoms with Gasteiger partial charge in [0.2, 0.25) is 0 Å². The number of benzene rings is 1. The third kappa shape index (κ3) is 4.24. The van der Waals surface area contributed by atoms with Gasteiger partial charge in [0.25, 0.3) is 12.0 Å². The SMILES string of the molecule is Cc1nnc(N[C@H](C)c2cccc(C(F)F)c2)c2cc(C3CCN(C)CC3)c(=O)n(C)c12. The van der Waals surface area contributed by atoms with Crippen molar-refractivity contribution in [1.29, 1.82) is 0 Å². The predicted octanol–water partition coefficient (Wildman–Crippen LogP) is 4.56. The number of pyridine rings is 1. The summed E-state index contributed by atoms with van der Waals surface area (Å²) in [5.74, 6) is 0.751. The Morgan fingerprint density at radius 3 is 2.47 bits per heavy atom. The fourth-order valence-electron chi connectivity index (χ4n) is 4.58. The fraction of sp³-hybridized carbons (Fsp3) is 0.458. The van der Waals surface area contributed by atoms with Gasteiger partial charge in [-0.3, -0.25) is 4.79 Å². The van der Waals surface area contributed by atoms with Gasteiger partial charge in [0.1, 0.15) is 0 Å². The van der Waals surface area contributed by atoms with E-state index in [1.807, 2.05) is 26.0 Å². The molecule has 32 heavy (non-hydrogen) atoms. The summed E-state index contributed by atoms with van der Waals surface area (Å²) >= 11 is 0. The summed E-state index contributed by atoms with van der Waals surface area (Å²) in [6, 6.07) is 8.07. The van der Waals surface area contributed by atoms with Crippen molar-refractivity contribution >= 4 is 16.7 Å². The molecule has 2 aromatic heterocycles. The highest BCUT2D eigenvalue weighted by atomic mass is 19.3. The predicted molar refractivity (Wildman–Crippen MR) is 122 cm³/mol. The molecule has 4 rings (SSSR count). The second kappa shape index (κ2) is 8.94. The van der Waals surface area contributed by atoms with E-state index in [0.717, 1.165) is 48.0 Å². The van der Waals surface area contributed by atoms with E-state index in [-0.39, 0.29) is 23.1 Å². The molecule has 0 amide bonds. The number of nitrogens with zero attached hydrogens (tertiary/aromatic N) is 4. The van der Waals surface area contributed by atoms with Crippen LogP contribution in [0.3, 0.4) is 0 Å². The third-order valence-electron chi connectivity index (χ3n) is 6.51. The lowest BCUT2D eigenvalue weighted by Gasteiger charge is -2.29. The number of alkyl halides is 2. The average Bonchev–Trinajstić information content (AvgIpc) is 2.78. The molecule has 0 radical (unpaired) electrons. The zero-order chi connectivity index (χ0) is 23.0. The Morgan fingerprint density at radius 1 is 1.09 bits per heavy atom. The topological polar surface area (TPSA) is 63.1 Å². The van der Waals surface area contributed by atoms with Crippen LogP contribution in [0, 0.1) is 6.92 Å². The molecule has 1 atom stereocenters. The van der Waals surface area contributed by atoms with E-state index in [1.54, 1.807) is 17.7 Å². The summed E-state index contributed by atoms with van der Waals surface area (Å²) in [5, 5.41) is 12.8. The van der Waals surface area contributed by atoms with Gasteiger partial charge in [0.05, 0.1) is 17.3 Å². The molecule has 1 N–H and O–H groups in total. The largest absolute Gasteiger partial charge is 0.361 e. The summed E-state index contributed by atoms with van der Waals surface area (Å²) in [7, 11) is 3.87. The molecule has 1 aliphatic heterocycles. The molecule has 3 heterocycles. The van der Waals surface area contributed by atoms with Crippen molar-refractivity contribution in [2.75, 3.05) is 25.5 Å². The second-order valence-electron chi connectivity index (χ2n) is 8.77. The lowest BCUT2D eigenvalue weighted by Crippen LogP contribution is -2.33. The van der Waals surface area contributed by atoms with Crippen molar-refractivity contribution in [3.05, 3.63) is 63.1 Å². The van der Waals surface area contributed by atoms with Gasteiger partial charge >= 0.3 is 0 Å². The van der Waals surface area contributed by atoms with E-state index < -0.39 is 6.43 Å². The van der Waals surface area contributed by atoms with Crippen LogP contribution >= 0.6 is 0 Å².